The van der Waals surface area contributed by atoms with Crippen molar-refractivity contribution in [3.63, 3.8) is 0 Å². The molecule has 2 rings (SSSR count). The van der Waals surface area contributed by atoms with Gasteiger partial charge in [-0.1, -0.05) is 13.3 Å². The summed E-state index contributed by atoms with van der Waals surface area (Å²) >= 11 is 1.45. The van der Waals surface area contributed by atoms with Gasteiger partial charge in [0.2, 0.25) is 5.91 Å². The Morgan fingerprint density at radius 1 is 1.32 bits per heavy atom. The Morgan fingerprint density at radius 2 is 2.04 bits per heavy atom. The molecule has 0 saturated heterocycles. The van der Waals surface area contributed by atoms with Gasteiger partial charge in [-0.2, -0.15) is 11.3 Å². The Hall–Kier alpha value is -1.89. The summed E-state index contributed by atoms with van der Waals surface area (Å²) in [5.74, 6) is -0.804. The van der Waals surface area contributed by atoms with Crippen LogP contribution in [-0.2, 0) is 9.59 Å². The molecule has 1 fully saturated rings. The minimum atomic E-state index is -1.12. The molecule has 1 aliphatic rings. The minimum Gasteiger partial charge on any atom is -0.480 e. The largest absolute Gasteiger partial charge is 0.480 e. The molecule has 0 bridgehead atoms. The average molecular weight is 366 g/mol. The molecule has 1 aromatic rings. The highest BCUT2D eigenvalue weighted by atomic mass is 32.1. The third-order valence-electron chi connectivity index (χ3n) is 4.97. The molecule has 0 aliphatic heterocycles. The van der Waals surface area contributed by atoms with E-state index in [0.29, 0.717) is 37.3 Å². The highest BCUT2D eigenvalue weighted by molar-refractivity contribution is 7.08. The minimum absolute atomic E-state index is 0.151. The number of rotatable bonds is 8. The van der Waals surface area contributed by atoms with Crippen LogP contribution in [0.4, 0.5) is 0 Å². The summed E-state index contributed by atoms with van der Waals surface area (Å²) in [5, 5.41) is 18.7. The molecular formula is C18H26N2O4S. The van der Waals surface area contributed by atoms with Crippen LogP contribution >= 0.6 is 11.3 Å². The maximum atomic E-state index is 12.2. The zero-order valence-electron chi connectivity index (χ0n) is 14.5. The van der Waals surface area contributed by atoms with Gasteiger partial charge in [0.05, 0.1) is 0 Å². The summed E-state index contributed by atoms with van der Waals surface area (Å²) in [6, 6.07) is 1.75. The lowest BCUT2D eigenvalue weighted by molar-refractivity contribution is -0.149. The Kier molecular flexibility index (Phi) is 6.99. The van der Waals surface area contributed by atoms with Crippen LogP contribution in [0, 0.1) is 5.92 Å². The molecule has 1 aromatic heterocycles. The van der Waals surface area contributed by atoms with Crippen molar-refractivity contribution in [2.75, 3.05) is 6.54 Å². The smallest absolute Gasteiger partial charge is 0.329 e. The number of carbonyl (C=O) groups is 3. The lowest BCUT2D eigenvalue weighted by atomic mass is 9.75. The van der Waals surface area contributed by atoms with E-state index in [-0.39, 0.29) is 18.2 Å². The van der Waals surface area contributed by atoms with Crippen molar-refractivity contribution in [3.8, 4) is 0 Å². The predicted molar refractivity (Wildman–Crippen MR) is 96.6 cm³/mol. The number of thiophene rings is 1. The molecule has 1 saturated carbocycles. The predicted octanol–water partition coefficient (Wildman–Crippen LogP) is 2.80. The summed E-state index contributed by atoms with van der Waals surface area (Å²) in [6.07, 6.45) is 4.38. The SMILES string of the molecule is CCC1CCC(NC(=O)CCCNC(=O)c2ccsc2)(C(=O)O)CC1. The number of aliphatic carboxylic acids is 1. The molecule has 0 radical (unpaired) electrons. The van der Waals surface area contributed by atoms with Crippen LogP contribution in [0.3, 0.4) is 0 Å². The highest BCUT2D eigenvalue weighted by Crippen LogP contribution is 2.34. The zero-order valence-corrected chi connectivity index (χ0v) is 15.4. The lowest BCUT2D eigenvalue weighted by Crippen LogP contribution is -2.56. The second-order valence-corrected chi connectivity index (χ2v) is 7.44. The van der Waals surface area contributed by atoms with Crippen molar-refractivity contribution in [1.29, 1.82) is 0 Å². The van der Waals surface area contributed by atoms with Crippen molar-refractivity contribution in [2.45, 2.75) is 57.4 Å². The molecule has 6 nitrogen and oxygen atoms in total. The van der Waals surface area contributed by atoms with Gasteiger partial charge >= 0.3 is 5.97 Å². The van der Waals surface area contributed by atoms with Crippen LogP contribution in [-0.4, -0.2) is 35.0 Å². The van der Waals surface area contributed by atoms with E-state index in [9.17, 15) is 19.5 Å². The van der Waals surface area contributed by atoms with Gasteiger partial charge in [0.1, 0.15) is 5.54 Å². The number of carboxylic acid groups (broad SMARTS) is 1. The standard InChI is InChI=1S/C18H26N2O4S/c1-2-13-5-8-18(9-6-13,17(23)24)20-15(21)4-3-10-19-16(22)14-7-11-25-12-14/h7,11-13H,2-6,8-10H2,1H3,(H,19,22)(H,20,21)(H,23,24). The molecule has 0 spiro atoms. The van der Waals surface area contributed by atoms with Gasteiger partial charge in [0.15, 0.2) is 0 Å². The molecule has 0 aromatic carbocycles. The molecule has 2 amide bonds. The molecular weight excluding hydrogens is 340 g/mol. The Bertz CT molecular complexity index is 592. The molecule has 7 heteroatoms. The maximum Gasteiger partial charge on any atom is 0.329 e. The number of carbonyl (C=O) groups excluding carboxylic acids is 2. The zero-order chi connectivity index (χ0) is 18.3. The van der Waals surface area contributed by atoms with Gasteiger partial charge in [-0.25, -0.2) is 4.79 Å². The first-order chi connectivity index (χ1) is 12.0. The van der Waals surface area contributed by atoms with Gasteiger partial charge < -0.3 is 15.7 Å². The fourth-order valence-corrected chi connectivity index (χ4v) is 3.88. The second kappa shape index (κ2) is 8.99. The van der Waals surface area contributed by atoms with Gasteiger partial charge in [0.25, 0.3) is 5.91 Å². The summed E-state index contributed by atoms with van der Waals surface area (Å²) in [6.45, 7) is 2.50. The van der Waals surface area contributed by atoms with Gasteiger partial charge in [0, 0.05) is 23.9 Å². The van der Waals surface area contributed by atoms with Crippen molar-refractivity contribution in [2.24, 2.45) is 5.92 Å². The van der Waals surface area contributed by atoms with Gasteiger partial charge in [-0.15, -0.1) is 0 Å². The number of amides is 2. The van der Waals surface area contributed by atoms with E-state index in [4.69, 9.17) is 0 Å². The van der Waals surface area contributed by atoms with E-state index < -0.39 is 11.5 Å². The molecule has 0 atom stereocenters. The molecule has 1 aliphatic carbocycles. The van der Waals surface area contributed by atoms with Crippen molar-refractivity contribution < 1.29 is 19.5 Å². The van der Waals surface area contributed by atoms with Gasteiger partial charge in [-0.3, -0.25) is 9.59 Å². The average Bonchev–Trinajstić information content (AvgIpc) is 3.13. The summed E-state index contributed by atoms with van der Waals surface area (Å²) in [5.41, 5.74) is -0.505. The summed E-state index contributed by atoms with van der Waals surface area (Å²) in [7, 11) is 0. The van der Waals surface area contributed by atoms with Crippen LogP contribution in [0.15, 0.2) is 16.8 Å². The Balaban J connectivity index is 1.74. The second-order valence-electron chi connectivity index (χ2n) is 6.66. The molecule has 1 heterocycles. The van der Waals surface area contributed by atoms with E-state index in [1.807, 2.05) is 5.38 Å². The van der Waals surface area contributed by atoms with Crippen LogP contribution in [0.1, 0.15) is 62.2 Å². The third-order valence-corrected chi connectivity index (χ3v) is 5.66. The van der Waals surface area contributed by atoms with Crippen LogP contribution in [0.5, 0.6) is 0 Å². The normalized spacial score (nSPS) is 23.0. The van der Waals surface area contributed by atoms with E-state index in [1.165, 1.54) is 11.3 Å². The van der Waals surface area contributed by atoms with Crippen molar-refractivity contribution in [1.82, 2.24) is 10.6 Å². The molecule has 25 heavy (non-hydrogen) atoms. The maximum absolute atomic E-state index is 12.2. The van der Waals surface area contributed by atoms with Gasteiger partial charge in [-0.05, 0) is 49.5 Å². The molecule has 0 unspecified atom stereocenters. The topological polar surface area (TPSA) is 95.5 Å². The van der Waals surface area contributed by atoms with E-state index in [1.54, 1.807) is 11.4 Å². The number of hydrogen-bond acceptors (Lipinski definition) is 4. The van der Waals surface area contributed by atoms with E-state index in [0.717, 1.165) is 19.3 Å². The highest BCUT2D eigenvalue weighted by Gasteiger charge is 2.42. The third kappa shape index (κ3) is 5.29. The first kappa shape index (κ1) is 19.4. The Morgan fingerprint density at radius 3 is 2.60 bits per heavy atom. The fourth-order valence-electron chi connectivity index (χ4n) is 3.25. The lowest BCUT2D eigenvalue weighted by Gasteiger charge is -2.37. The van der Waals surface area contributed by atoms with E-state index in [2.05, 4.69) is 17.6 Å². The number of hydrogen-bond donors (Lipinski definition) is 3. The number of carboxylic acids is 1. The molecule has 138 valence electrons. The van der Waals surface area contributed by atoms with Crippen molar-refractivity contribution >= 4 is 29.1 Å². The van der Waals surface area contributed by atoms with Crippen molar-refractivity contribution in [3.05, 3.63) is 22.4 Å². The summed E-state index contributed by atoms with van der Waals surface area (Å²) < 4.78 is 0. The van der Waals surface area contributed by atoms with Crippen LogP contribution in [0.25, 0.3) is 0 Å². The van der Waals surface area contributed by atoms with Crippen LogP contribution in [0.2, 0.25) is 0 Å². The molecule has 3 N–H and O–H groups in total. The first-order valence-electron chi connectivity index (χ1n) is 8.81. The van der Waals surface area contributed by atoms with E-state index >= 15 is 0 Å². The first-order valence-corrected chi connectivity index (χ1v) is 9.76. The number of nitrogens with one attached hydrogen (secondary N) is 2. The monoisotopic (exact) mass is 366 g/mol. The quantitative estimate of drug-likeness (QED) is 0.617. The Labute approximate surface area is 152 Å². The van der Waals surface area contributed by atoms with Crippen LogP contribution < -0.4 is 10.6 Å². The fraction of sp³-hybridized carbons (Fsp3) is 0.611. The summed E-state index contributed by atoms with van der Waals surface area (Å²) in [4.78, 5) is 35.6.